The second kappa shape index (κ2) is 14.6. The third-order valence-electron chi connectivity index (χ3n) is 7.65. The third kappa shape index (κ3) is 8.78. The summed E-state index contributed by atoms with van der Waals surface area (Å²) < 4.78 is 5.82. The van der Waals surface area contributed by atoms with Crippen molar-refractivity contribution < 1.29 is 23.9 Å². The van der Waals surface area contributed by atoms with Crippen molar-refractivity contribution in [1.82, 2.24) is 25.3 Å². The van der Waals surface area contributed by atoms with E-state index in [1.165, 1.54) is 34.6 Å². The van der Waals surface area contributed by atoms with Crippen molar-refractivity contribution in [2.24, 2.45) is 0 Å². The molecule has 1 atom stereocenters. The molecule has 2 aliphatic rings. The van der Waals surface area contributed by atoms with Crippen LogP contribution in [0.3, 0.4) is 0 Å². The molecule has 10 nitrogen and oxygen atoms in total. The van der Waals surface area contributed by atoms with Gasteiger partial charge in [-0.3, -0.25) is 24.1 Å². The number of benzene rings is 2. The van der Waals surface area contributed by atoms with E-state index in [0.29, 0.717) is 18.8 Å². The fourth-order valence-electron chi connectivity index (χ4n) is 5.02. The number of hydrogen-bond acceptors (Lipinski definition) is 6. The van der Waals surface area contributed by atoms with Crippen LogP contribution in [0.25, 0.3) is 0 Å². The molecule has 0 saturated carbocycles. The summed E-state index contributed by atoms with van der Waals surface area (Å²) in [6.45, 7) is 3.87. The minimum atomic E-state index is -0.949. The number of piperidine rings is 1. The van der Waals surface area contributed by atoms with Gasteiger partial charge < -0.3 is 25.2 Å². The van der Waals surface area contributed by atoms with Gasteiger partial charge in [-0.2, -0.15) is 0 Å². The number of nitrogens with one attached hydrogen (secondary N) is 2. The van der Waals surface area contributed by atoms with Gasteiger partial charge in [0.05, 0.1) is 18.7 Å². The van der Waals surface area contributed by atoms with E-state index < -0.39 is 11.9 Å². The first-order chi connectivity index (χ1) is 19.8. The van der Waals surface area contributed by atoms with Crippen LogP contribution in [0.1, 0.15) is 53.6 Å². The summed E-state index contributed by atoms with van der Waals surface area (Å²) in [5.74, 6) is -1.00. The average Bonchev–Trinajstić information content (AvgIpc) is 2.98. The molecule has 4 amide bonds. The molecule has 220 valence electrons. The fourth-order valence-corrected chi connectivity index (χ4v) is 5.02. The van der Waals surface area contributed by atoms with Gasteiger partial charge >= 0.3 is 0 Å². The molecule has 2 aromatic carbocycles. The molecule has 41 heavy (non-hydrogen) atoms. The molecular weight excluding hydrogens is 522 g/mol. The van der Waals surface area contributed by atoms with Crippen molar-refractivity contribution >= 4 is 23.6 Å². The van der Waals surface area contributed by atoms with Gasteiger partial charge in [-0.15, -0.1) is 0 Å². The van der Waals surface area contributed by atoms with Crippen LogP contribution in [0.4, 0.5) is 0 Å². The summed E-state index contributed by atoms with van der Waals surface area (Å²) in [4.78, 5) is 57.2. The lowest BCUT2D eigenvalue weighted by molar-refractivity contribution is -0.139. The molecule has 1 saturated heterocycles. The van der Waals surface area contributed by atoms with Gasteiger partial charge in [0.15, 0.2) is 0 Å². The maximum absolute atomic E-state index is 13.3. The summed E-state index contributed by atoms with van der Waals surface area (Å²) >= 11 is 0. The normalized spacial score (nSPS) is 19.9. The van der Waals surface area contributed by atoms with Crippen LogP contribution in [0, 0.1) is 0 Å². The van der Waals surface area contributed by atoms with Crippen molar-refractivity contribution in [3.63, 3.8) is 0 Å². The topological polar surface area (TPSA) is 111 Å². The third-order valence-corrected chi connectivity index (χ3v) is 7.65. The zero-order chi connectivity index (χ0) is 29.2. The number of likely N-dealkylation sites (N-methyl/N-ethyl adjacent to an activating group) is 2. The number of rotatable bonds is 5. The molecular formula is C31H41N5O5. The minimum Gasteiger partial charge on any atom is -0.491 e. The number of amides is 4. The Morgan fingerprint density at radius 1 is 0.902 bits per heavy atom. The van der Waals surface area contributed by atoms with Crippen LogP contribution in [-0.4, -0.2) is 91.3 Å². The number of para-hydroxylation sites is 1. The molecule has 2 N–H and O–H groups in total. The molecule has 2 aliphatic heterocycles. The zero-order valence-electron chi connectivity index (χ0n) is 24.1. The van der Waals surface area contributed by atoms with E-state index in [1.807, 2.05) is 12.1 Å². The second-order valence-corrected chi connectivity index (χ2v) is 10.8. The molecule has 0 unspecified atom stereocenters. The van der Waals surface area contributed by atoms with Crippen LogP contribution in [-0.2, 0) is 27.5 Å². The molecule has 0 aliphatic carbocycles. The summed E-state index contributed by atoms with van der Waals surface area (Å²) in [6.07, 6.45) is 3.88. The first-order valence-corrected chi connectivity index (χ1v) is 14.4. The number of ether oxygens (including phenoxy) is 1. The van der Waals surface area contributed by atoms with Crippen LogP contribution in [0.2, 0.25) is 0 Å². The number of hydrogen-bond donors (Lipinski definition) is 2. The van der Waals surface area contributed by atoms with E-state index in [9.17, 15) is 19.2 Å². The smallest absolute Gasteiger partial charge is 0.255 e. The van der Waals surface area contributed by atoms with Gasteiger partial charge in [0.1, 0.15) is 18.4 Å². The molecule has 2 heterocycles. The number of likely N-dealkylation sites (tertiary alicyclic amines) is 1. The van der Waals surface area contributed by atoms with Gasteiger partial charge in [-0.25, -0.2) is 0 Å². The van der Waals surface area contributed by atoms with Gasteiger partial charge in [0.25, 0.3) is 5.91 Å². The predicted molar refractivity (Wildman–Crippen MR) is 155 cm³/mol. The molecule has 0 spiro atoms. The monoisotopic (exact) mass is 563 g/mol. The molecule has 0 bridgehead atoms. The second-order valence-electron chi connectivity index (χ2n) is 10.8. The zero-order valence-corrected chi connectivity index (χ0v) is 24.1. The lowest BCUT2D eigenvalue weighted by Crippen LogP contribution is -2.47. The first-order valence-electron chi connectivity index (χ1n) is 14.4. The van der Waals surface area contributed by atoms with Crippen molar-refractivity contribution in [1.29, 1.82) is 0 Å². The average molecular weight is 564 g/mol. The van der Waals surface area contributed by atoms with E-state index in [-0.39, 0.29) is 49.3 Å². The van der Waals surface area contributed by atoms with Crippen molar-refractivity contribution in [3.8, 4) is 5.75 Å². The van der Waals surface area contributed by atoms with Crippen LogP contribution >= 0.6 is 0 Å². The molecule has 1 fully saturated rings. The molecule has 10 heteroatoms. The predicted octanol–water partition coefficient (Wildman–Crippen LogP) is 2.18. The Morgan fingerprint density at radius 3 is 2.37 bits per heavy atom. The summed E-state index contributed by atoms with van der Waals surface area (Å²) in [6, 6.07) is 14.0. The number of carbonyl (C=O) groups excluding carboxylic acids is 4. The van der Waals surface area contributed by atoms with E-state index >= 15 is 0 Å². The molecule has 0 radical (unpaired) electrons. The van der Waals surface area contributed by atoms with Gasteiger partial charge in [-0.1, -0.05) is 42.8 Å². The Kier molecular flexibility index (Phi) is 10.7. The Hall–Kier alpha value is -3.92. The van der Waals surface area contributed by atoms with E-state index in [4.69, 9.17) is 4.74 Å². The van der Waals surface area contributed by atoms with E-state index in [1.54, 1.807) is 38.4 Å². The Bertz CT molecular complexity index is 1210. The van der Waals surface area contributed by atoms with Crippen LogP contribution < -0.4 is 15.4 Å². The van der Waals surface area contributed by atoms with Gasteiger partial charge in [0.2, 0.25) is 17.7 Å². The SMILES string of the molecule is CN1CCOc2ccccc2C(=O)N[C@H](C(=O)NCc2ccc(CN3CCCCC3)cc2)CCC(=O)N(C)CC1=O. The lowest BCUT2D eigenvalue weighted by atomic mass is 10.1. The van der Waals surface area contributed by atoms with Crippen LogP contribution in [0.15, 0.2) is 48.5 Å². The first kappa shape index (κ1) is 30.0. The van der Waals surface area contributed by atoms with Gasteiger partial charge in [0, 0.05) is 33.6 Å². The highest BCUT2D eigenvalue weighted by atomic mass is 16.5. The highest BCUT2D eigenvalue weighted by Crippen LogP contribution is 2.19. The lowest BCUT2D eigenvalue weighted by Gasteiger charge is -2.26. The summed E-state index contributed by atoms with van der Waals surface area (Å²) in [7, 11) is 3.20. The summed E-state index contributed by atoms with van der Waals surface area (Å²) in [5.41, 5.74) is 2.47. The highest BCUT2D eigenvalue weighted by Gasteiger charge is 2.26. The largest absolute Gasteiger partial charge is 0.491 e. The van der Waals surface area contributed by atoms with Crippen LogP contribution in [0.5, 0.6) is 5.75 Å². The molecule has 2 aromatic rings. The van der Waals surface area contributed by atoms with Gasteiger partial charge in [-0.05, 0) is 55.6 Å². The fraction of sp³-hybridized carbons (Fsp3) is 0.484. The maximum atomic E-state index is 13.3. The van der Waals surface area contributed by atoms with E-state index in [0.717, 1.165) is 25.2 Å². The Labute approximate surface area is 242 Å². The quantitative estimate of drug-likeness (QED) is 0.577. The number of fused-ring (bicyclic) bond motifs is 1. The molecule has 0 aromatic heterocycles. The Morgan fingerprint density at radius 2 is 1.61 bits per heavy atom. The van der Waals surface area contributed by atoms with Crippen molar-refractivity contribution in [3.05, 3.63) is 65.2 Å². The van der Waals surface area contributed by atoms with E-state index in [2.05, 4.69) is 27.7 Å². The van der Waals surface area contributed by atoms with Crippen molar-refractivity contribution in [2.45, 2.75) is 51.2 Å². The standard InChI is InChI=1S/C31H41N5O5/c1-34-18-19-41-27-9-5-4-8-25(27)30(39)33-26(14-15-28(37)35(2)22-29(34)38)31(40)32-20-23-10-12-24(13-11-23)21-36-16-6-3-7-17-36/h4-5,8-13,26H,3,6-7,14-22H2,1-2H3,(H,32,40)(H,33,39)/t26-/m0/s1. The molecule has 4 rings (SSSR count). The Balaban J connectivity index is 1.43. The number of nitrogens with zero attached hydrogens (tertiary/aromatic N) is 3. The minimum absolute atomic E-state index is 0.00476. The maximum Gasteiger partial charge on any atom is 0.255 e. The van der Waals surface area contributed by atoms with Crippen molar-refractivity contribution in [2.75, 3.05) is 46.9 Å². The highest BCUT2D eigenvalue weighted by molar-refractivity contribution is 5.99. The number of carbonyl (C=O) groups is 4. The summed E-state index contributed by atoms with van der Waals surface area (Å²) in [5, 5.41) is 5.72.